The number of hydrogen-bond acceptors (Lipinski definition) is 3. The van der Waals surface area contributed by atoms with Crippen LogP contribution in [0, 0.1) is 0 Å². The number of fused-ring (bicyclic) bond motifs is 1. The number of ether oxygens (including phenoxy) is 1. The first-order valence-electron chi connectivity index (χ1n) is 5.48. The van der Waals surface area contributed by atoms with Crippen LogP contribution < -0.4 is 10.1 Å². The summed E-state index contributed by atoms with van der Waals surface area (Å²) in [6, 6.07) is 5.32. The molecule has 0 aliphatic carbocycles. The Kier molecular flexibility index (Phi) is 3.19. The van der Waals surface area contributed by atoms with Crippen LogP contribution in [0.3, 0.4) is 0 Å². The van der Waals surface area contributed by atoms with Gasteiger partial charge < -0.3 is 10.1 Å². The Hall–Kier alpha value is -1.75. The minimum absolute atomic E-state index is 0.206. The van der Waals surface area contributed by atoms with E-state index >= 15 is 0 Å². The van der Waals surface area contributed by atoms with E-state index < -0.39 is 0 Å². The summed E-state index contributed by atoms with van der Waals surface area (Å²) in [5.74, 6) is 0.899. The predicted octanol–water partition coefficient (Wildman–Crippen LogP) is 2.04. The summed E-state index contributed by atoms with van der Waals surface area (Å²) in [6.45, 7) is 2.02. The third kappa shape index (κ3) is 2.50. The number of urea groups is 1. The topological polar surface area (TPSA) is 50.8 Å². The van der Waals surface area contributed by atoms with Gasteiger partial charge in [-0.1, -0.05) is 0 Å². The van der Waals surface area contributed by atoms with Gasteiger partial charge in [-0.3, -0.25) is 4.84 Å². The van der Waals surface area contributed by atoms with Crippen LogP contribution >= 0.6 is 0 Å². The molecule has 1 aromatic rings. The first-order valence-corrected chi connectivity index (χ1v) is 5.48. The smallest absolute Gasteiger partial charge is 0.345 e. The first-order chi connectivity index (χ1) is 8.10. The van der Waals surface area contributed by atoms with Crippen molar-refractivity contribution in [3.63, 3.8) is 0 Å². The molecule has 1 aliphatic rings. The van der Waals surface area contributed by atoms with E-state index in [1.165, 1.54) is 7.11 Å². The van der Waals surface area contributed by atoms with Crippen LogP contribution in [0.15, 0.2) is 18.2 Å². The second-order valence-electron chi connectivity index (χ2n) is 4.07. The molecule has 5 heteroatoms. The van der Waals surface area contributed by atoms with Gasteiger partial charge >= 0.3 is 6.03 Å². The van der Waals surface area contributed by atoms with Crippen LogP contribution in [-0.4, -0.2) is 31.4 Å². The van der Waals surface area contributed by atoms with Crippen molar-refractivity contribution < 1.29 is 14.4 Å². The van der Waals surface area contributed by atoms with Crippen molar-refractivity contribution in [1.29, 1.82) is 0 Å². The van der Waals surface area contributed by atoms with Crippen molar-refractivity contribution in [3.8, 4) is 5.75 Å². The van der Waals surface area contributed by atoms with Crippen LogP contribution in [0.5, 0.6) is 5.75 Å². The average Bonchev–Trinajstić information content (AvgIpc) is 2.67. The number of hydrogen-bond donors (Lipinski definition) is 1. The van der Waals surface area contributed by atoms with Crippen LogP contribution in [-0.2, 0) is 11.3 Å². The largest absolute Gasteiger partial charge is 0.490 e. The maximum absolute atomic E-state index is 11.6. The molecule has 0 saturated carbocycles. The van der Waals surface area contributed by atoms with Gasteiger partial charge in [0.2, 0.25) is 0 Å². The lowest BCUT2D eigenvalue weighted by Crippen LogP contribution is -2.30. The molecule has 1 aromatic carbocycles. The number of carbonyl (C=O) groups is 1. The minimum atomic E-state index is -0.306. The number of nitrogens with zero attached hydrogens (tertiary/aromatic N) is 1. The molecule has 1 N–H and O–H groups in total. The van der Waals surface area contributed by atoms with E-state index in [-0.39, 0.29) is 12.1 Å². The first kappa shape index (κ1) is 11.7. The maximum atomic E-state index is 11.6. The number of amides is 2. The Morgan fingerprint density at radius 1 is 1.59 bits per heavy atom. The Bertz CT molecular complexity index is 434. The lowest BCUT2D eigenvalue weighted by atomic mass is 10.1. The fourth-order valence-electron chi connectivity index (χ4n) is 1.78. The number of carbonyl (C=O) groups excluding carboxylic acids is 1. The Morgan fingerprint density at radius 2 is 2.35 bits per heavy atom. The van der Waals surface area contributed by atoms with Gasteiger partial charge in [0.15, 0.2) is 0 Å². The SMILES string of the molecule is CON(C)C(=O)Nc1ccc2c(c1)CC(C)O2. The van der Waals surface area contributed by atoms with Gasteiger partial charge in [0.05, 0.1) is 7.11 Å². The molecule has 0 spiro atoms. The van der Waals surface area contributed by atoms with Crippen LogP contribution in [0.2, 0.25) is 0 Å². The van der Waals surface area contributed by atoms with Crippen molar-refractivity contribution in [3.05, 3.63) is 23.8 Å². The lowest BCUT2D eigenvalue weighted by molar-refractivity contribution is -0.0598. The molecular weight excluding hydrogens is 220 g/mol. The van der Waals surface area contributed by atoms with Gasteiger partial charge in [0, 0.05) is 19.2 Å². The highest BCUT2D eigenvalue weighted by Gasteiger charge is 2.19. The van der Waals surface area contributed by atoms with Gasteiger partial charge in [-0.25, -0.2) is 9.86 Å². The molecule has 92 valence electrons. The number of anilines is 1. The summed E-state index contributed by atoms with van der Waals surface area (Å²) < 4.78 is 5.59. The Balaban J connectivity index is 2.09. The fourth-order valence-corrected chi connectivity index (χ4v) is 1.78. The molecule has 0 fully saturated rings. The predicted molar refractivity (Wildman–Crippen MR) is 64.0 cm³/mol. The molecule has 1 unspecified atom stereocenters. The average molecular weight is 236 g/mol. The molecule has 17 heavy (non-hydrogen) atoms. The quantitative estimate of drug-likeness (QED) is 0.799. The van der Waals surface area contributed by atoms with E-state index in [4.69, 9.17) is 9.57 Å². The molecule has 2 rings (SSSR count). The minimum Gasteiger partial charge on any atom is -0.490 e. The lowest BCUT2D eigenvalue weighted by Gasteiger charge is -2.14. The number of nitrogens with one attached hydrogen (secondary N) is 1. The van der Waals surface area contributed by atoms with E-state index in [2.05, 4.69) is 5.32 Å². The van der Waals surface area contributed by atoms with Gasteiger partial charge in [0.1, 0.15) is 11.9 Å². The maximum Gasteiger partial charge on any atom is 0.345 e. The van der Waals surface area contributed by atoms with Crippen molar-refractivity contribution >= 4 is 11.7 Å². The Labute approximate surface area is 100 Å². The van der Waals surface area contributed by atoms with Gasteiger partial charge in [0.25, 0.3) is 0 Å². The molecule has 0 aromatic heterocycles. The molecular formula is C12H16N2O3. The van der Waals surface area contributed by atoms with Crippen molar-refractivity contribution in [1.82, 2.24) is 5.06 Å². The van der Waals surface area contributed by atoms with Gasteiger partial charge in [-0.05, 0) is 30.7 Å². The second-order valence-corrected chi connectivity index (χ2v) is 4.07. The normalized spacial score (nSPS) is 17.2. The van der Waals surface area contributed by atoms with Crippen molar-refractivity contribution in [2.24, 2.45) is 0 Å². The number of benzene rings is 1. The zero-order chi connectivity index (χ0) is 12.4. The molecule has 5 nitrogen and oxygen atoms in total. The van der Waals surface area contributed by atoms with Gasteiger partial charge in [-0.2, -0.15) is 0 Å². The third-order valence-electron chi connectivity index (χ3n) is 2.71. The van der Waals surface area contributed by atoms with E-state index in [1.54, 1.807) is 7.05 Å². The van der Waals surface area contributed by atoms with Crippen molar-refractivity contribution in [2.45, 2.75) is 19.4 Å². The zero-order valence-electron chi connectivity index (χ0n) is 10.2. The van der Waals surface area contributed by atoms with Crippen LogP contribution in [0.25, 0.3) is 0 Å². The molecule has 0 radical (unpaired) electrons. The number of hydroxylamine groups is 2. The summed E-state index contributed by atoms with van der Waals surface area (Å²) in [6.07, 6.45) is 1.08. The molecule has 0 bridgehead atoms. The zero-order valence-corrected chi connectivity index (χ0v) is 10.2. The van der Waals surface area contributed by atoms with Crippen molar-refractivity contribution in [2.75, 3.05) is 19.5 Å². The van der Waals surface area contributed by atoms with Crippen LogP contribution in [0.1, 0.15) is 12.5 Å². The van der Waals surface area contributed by atoms with E-state index in [1.807, 2.05) is 25.1 Å². The van der Waals surface area contributed by atoms with E-state index in [9.17, 15) is 4.79 Å². The fraction of sp³-hybridized carbons (Fsp3) is 0.417. The second kappa shape index (κ2) is 4.63. The number of rotatable bonds is 2. The summed E-state index contributed by atoms with van der Waals surface area (Å²) in [4.78, 5) is 16.4. The molecule has 2 amide bonds. The highest BCUT2D eigenvalue weighted by molar-refractivity contribution is 5.88. The third-order valence-corrected chi connectivity index (χ3v) is 2.71. The highest BCUT2D eigenvalue weighted by atomic mass is 16.7. The van der Waals surface area contributed by atoms with E-state index in [0.717, 1.165) is 28.5 Å². The molecule has 1 aliphatic heterocycles. The van der Waals surface area contributed by atoms with Crippen LogP contribution in [0.4, 0.5) is 10.5 Å². The van der Waals surface area contributed by atoms with Gasteiger partial charge in [-0.15, -0.1) is 0 Å². The summed E-state index contributed by atoms with van der Waals surface area (Å²) in [5.41, 5.74) is 1.87. The monoisotopic (exact) mass is 236 g/mol. The molecule has 1 atom stereocenters. The molecule has 0 saturated heterocycles. The summed E-state index contributed by atoms with van der Waals surface area (Å²) >= 11 is 0. The Morgan fingerprint density at radius 3 is 3.06 bits per heavy atom. The summed E-state index contributed by atoms with van der Waals surface area (Å²) in [5, 5.41) is 3.87. The van der Waals surface area contributed by atoms with E-state index in [0.29, 0.717) is 0 Å². The summed E-state index contributed by atoms with van der Waals surface area (Å²) in [7, 11) is 2.99. The highest BCUT2D eigenvalue weighted by Crippen LogP contribution is 2.30. The standard InChI is InChI=1S/C12H16N2O3/c1-8-6-9-7-10(4-5-11(9)17-8)13-12(15)14(2)16-3/h4-5,7-8H,6H2,1-3H3,(H,13,15). The molecule has 1 heterocycles.